The zero-order valence-corrected chi connectivity index (χ0v) is 20.3. The Morgan fingerprint density at radius 1 is 1.12 bits per heavy atom. The summed E-state index contributed by atoms with van der Waals surface area (Å²) < 4.78 is 34.5. The molecule has 0 bridgehead atoms. The average molecular weight is 473 g/mol. The van der Waals surface area contributed by atoms with E-state index in [1.54, 1.807) is 36.4 Å². The summed E-state index contributed by atoms with van der Waals surface area (Å²) in [6.07, 6.45) is 3.73. The number of hydrogen-bond donors (Lipinski definition) is 0. The van der Waals surface area contributed by atoms with Gasteiger partial charge in [-0.1, -0.05) is 44.5 Å². The number of ether oxygens (including phenoxy) is 1. The number of imidazole rings is 1. The molecule has 0 N–H and O–H groups in total. The van der Waals surface area contributed by atoms with Gasteiger partial charge in [0.25, 0.3) is 0 Å². The standard InChI is InChI=1S/C25H29ClN2O3S/c1-25(2,3)24-27-22-16-21(32(29,30)20-6-4-5-18(15-20)9-12-26)7-8-23(22)28(24)17-19-10-13-31-14-11-19/h4-9,12,15-16,19H,10-11,13-14,17H2,1-3H3/b12-9-. The summed E-state index contributed by atoms with van der Waals surface area (Å²) in [7, 11) is -3.68. The average Bonchev–Trinajstić information content (AvgIpc) is 3.13. The van der Waals surface area contributed by atoms with E-state index < -0.39 is 9.84 Å². The predicted octanol–water partition coefficient (Wildman–Crippen LogP) is 5.80. The molecular formula is C25H29ClN2O3S. The summed E-state index contributed by atoms with van der Waals surface area (Å²) in [6.45, 7) is 8.88. The van der Waals surface area contributed by atoms with E-state index in [2.05, 4.69) is 25.3 Å². The molecule has 4 rings (SSSR count). The lowest BCUT2D eigenvalue weighted by Crippen LogP contribution is -2.25. The van der Waals surface area contributed by atoms with Gasteiger partial charge in [0.1, 0.15) is 5.82 Å². The molecule has 0 unspecified atom stereocenters. The normalized spacial score (nSPS) is 16.2. The van der Waals surface area contributed by atoms with E-state index in [0.29, 0.717) is 11.4 Å². The van der Waals surface area contributed by atoms with Crippen LogP contribution in [0.1, 0.15) is 45.0 Å². The van der Waals surface area contributed by atoms with E-state index in [0.717, 1.165) is 49.5 Å². The minimum Gasteiger partial charge on any atom is -0.381 e. The molecule has 2 aromatic carbocycles. The molecule has 170 valence electrons. The van der Waals surface area contributed by atoms with E-state index in [1.165, 1.54) is 5.54 Å². The van der Waals surface area contributed by atoms with Crippen LogP contribution in [-0.2, 0) is 26.5 Å². The molecule has 0 aliphatic carbocycles. The second kappa shape index (κ2) is 9.00. The van der Waals surface area contributed by atoms with Gasteiger partial charge in [0.2, 0.25) is 9.84 Å². The van der Waals surface area contributed by atoms with Crippen LogP contribution >= 0.6 is 11.6 Å². The predicted molar refractivity (Wildman–Crippen MR) is 129 cm³/mol. The van der Waals surface area contributed by atoms with E-state index in [1.807, 2.05) is 12.1 Å². The summed E-state index contributed by atoms with van der Waals surface area (Å²) in [6, 6.07) is 12.1. The molecule has 2 heterocycles. The minimum absolute atomic E-state index is 0.161. The highest BCUT2D eigenvalue weighted by Crippen LogP contribution is 2.31. The Labute approximate surface area is 195 Å². The Morgan fingerprint density at radius 2 is 1.84 bits per heavy atom. The zero-order chi connectivity index (χ0) is 22.9. The molecule has 1 aliphatic rings. The van der Waals surface area contributed by atoms with Crippen molar-refractivity contribution in [3.63, 3.8) is 0 Å². The molecule has 0 amide bonds. The molecule has 0 saturated carbocycles. The van der Waals surface area contributed by atoms with E-state index in [9.17, 15) is 8.42 Å². The molecule has 1 fully saturated rings. The summed E-state index contributed by atoms with van der Waals surface area (Å²) in [4.78, 5) is 5.38. The zero-order valence-electron chi connectivity index (χ0n) is 18.7. The van der Waals surface area contributed by atoms with Gasteiger partial charge in [-0.15, -0.1) is 0 Å². The van der Waals surface area contributed by atoms with E-state index >= 15 is 0 Å². The molecule has 0 atom stereocenters. The second-order valence-electron chi connectivity index (χ2n) is 9.37. The Kier molecular flexibility index (Phi) is 6.48. The van der Waals surface area contributed by atoms with Gasteiger partial charge in [-0.25, -0.2) is 13.4 Å². The van der Waals surface area contributed by atoms with Gasteiger partial charge < -0.3 is 9.30 Å². The Morgan fingerprint density at radius 3 is 2.53 bits per heavy atom. The van der Waals surface area contributed by atoms with Gasteiger partial charge in [-0.3, -0.25) is 0 Å². The van der Waals surface area contributed by atoms with Gasteiger partial charge in [0.15, 0.2) is 0 Å². The third-order valence-corrected chi connectivity index (χ3v) is 7.78. The number of rotatable bonds is 5. The molecule has 3 aromatic rings. The number of sulfone groups is 1. The first-order valence-electron chi connectivity index (χ1n) is 10.9. The third kappa shape index (κ3) is 4.63. The Balaban J connectivity index is 1.78. The number of halogens is 1. The SMILES string of the molecule is CC(C)(C)c1nc2cc(S(=O)(=O)c3cccc(/C=C\Cl)c3)ccc2n1CC1CCOCC1. The van der Waals surface area contributed by atoms with Crippen LogP contribution in [0, 0.1) is 5.92 Å². The number of fused-ring (bicyclic) bond motifs is 1. The van der Waals surface area contributed by atoms with Crippen molar-refractivity contribution in [3.05, 3.63) is 59.4 Å². The summed E-state index contributed by atoms with van der Waals surface area (Å²) >= 11 is 5.66. The number of benzene rings is 2. The lowest BCUT2D eigenvalue weighted by Gasteiger charge is -2.26. The highest BCUT2D eigenvalue weighted by atomic mass is 35.5. The fourth-order valence-electron chi connectivity index (χ4n) is 4.22. The smallest absolute Gasteiger partial charge is 0.206 e. The molecule has 1 aromatic heterocycles. The van der Waals surface area contributed by atoms with Crippen molar-refractivity contribution in [2.75, 3.05) is 13.2 Å². The van der Waals surface area contributed by atoms with Crippen molar-refractivity contribution in [3.8, 4) is 0 Å². The number of hydrogen-bond acceptors (Lipinski definition) is 4. The van der Waals surface area contributed by atoms with Crippen LogP contribution in [0.4, 0.5) is 0 Å². The van der Waals surface area contributed by atoms with Crippen LogP contribution in [0.15, 0.2) is 57.8 Å². The van der Waals surface area contributed by atoms with Crippen LogP contribution in [0.2, 0.25) is 0 Å². The molecule has 5 nitrogen and oxygen atoms in total. The topological polar surface area (TPSA) is 61.2 Å². The Hall–Kier alpha value is -2.15. The van der Waals surface area contributed by atoms with Crippen LogP contribution in [-0.4, -0.2) is 31.2 Å². The minimum atomic E-state index is -3.68. The van der Waals surface area contributed by atoms with Gasteiger partial charge in [0, 0.05) is 30.7 Å². The molecule has 1 saturated heterocycles. The van der Waals surface area contributed by atoms with E-state index in [-0.39, 0.29) is 15.2 Å². The maximum atomic E-state index is 13.3. The fraction of sp³-hybridized carbons (Fsp3) is 0.400. The fourth-order valence-corrected chi connectivity index (χ4v) is 5.70. The molecule has 0 radical (unpaired) electrons. The van der Waals surface area contributed by atoms with Gasteiger partial charge >= 0.3 is 0 Å². The van der Waals surface area contributed by atoms with Crippen molar-refractivity contribution < 1.29 is 13.2 Å². The lowest BCUT2D eigenvalue weighted by molar-refractivity contribution is 0.0611. The first kappa shape index (κ1) is 23.0. The van der Waals surface area contributed by atoms with Crippen LogP contribution in [0.3, 0.4) is 0 Å². The quantitative estimate of drug-likeness (QED) is 0.470. The molecule has 7 heteroatoms. The third-order valence-electron chi connectivity index (χ3n) is 5.91. The van der Waals surface area contributed by atoms with Gasteiger partial charge in [-0.05, 0) is 60.7 Å². The van der Waals surface area contributed by atoms with Crippen molar-refractivity contribution >= 4 is 38.5 Å². The first-order valence-corrected chi connectivity index (χ1v) is 12.8. The lowest BCUT2D eigenvalue weighted by atomic mass is 9.94. The van der Waals surface area contributed by atoms with Crippen LogP contribution in [0.5, 0.6) is 0 Å². The molecule has 0 spiro atoms. The second-order valence-corrected chi connectivity index (χ2v) is 11.6. The summed E-state index contributed by atoms with van der Waals surface area (Å²) in [5.41, 5.74) is 3.62. The monoisotopic (exact) mass is 472 g/mol. The molecular weight excluding hydrogens is 444 g/mol. The maximum absolute atomic E-state index is 13.3. The maximum Gasteiger partial charge on any atom is 0.206 e. The Bertz CT molecular complexity index is 1250. The van der Waals surface area contributed by atoms with E-state index in [4.69, 9.17) is 21.3 Å². The highest BCUT2D eigenvalue weighted by Gasteiger charge is 2.27. The van der Waals surface area contributed by atoms with Gasteiger partial charge in [-0.2, -0.15) is 0 Å². The summed E-state index contributed by atoms with van der Waals surface area (Å²) in [5, 5.41) is 0. The van der Waals surface area contributed by atoms with Crippen LogP contribution < -0.4 is 0 Å². The van der Waals surface area contributed by atoms with Crippen molar-refractivity contribution in [1.82, 2.24) is 9.55 Å². The van der Waals surface area contributed by atoms with Gasteiger partial charge in [0.05, 0.1) is 20.8 Å². The number of aromatic nitrogens is 2. The van der Waals surface area contributed by atoms with Crippen molar-refractivity contribution in [2.45, 2.75) is 55.4 Å². The summed E-state index contributed by atoms with van der Waals surface area (Å²) in [5.74, 6) is 1.51. The molecule has 32 heavy (non-hydrogen) atoms. The number of nitrogens with zero attached hydrogens (tertiary/aromatic N) is 2. The van der Waals surface area contributed by atoms with Crippen molar-refractivity contribution in [2.24, 2.45) is 5.92 Å². The van der Waals surface area contributed by atoms with Crippen LogP contribution in [0.25, 0.3) is 17.1 Å². The largest absolute Gasteiger partial charge is 0.381 e. The molecule has 1 aliphatic heterocycles. The first-order chi connectivity index (χ1) is 15.2. The highest BCUT2D eigenvalue weighted by molar-refractivity contribution is 7.91. The van der Waals surface area contributed by atoms with Crippen molar-refractivity contribution in [1.29, 1.82) is 0 Å².